The maximum absolute atomic E-state index is 12.2. The molecule has 1 N–H and O–H groups in total. The Hall–Kier alpha value is -1.84. The van der Waals surface area contributed by atoms with Crippen molar-refractivity contribution < 1.29 is 4.79 Å². The topological polar surface area (TPSA) is 46.9 Å². The number of rotatable bonds is 3. The van der Waals surface area contributed by atoms with Crippen molar-refractivity contribution in [2.75, 3.05) is 5.32 Å². The molecule has 0 spiro atoms. The van der Waals surface area contributed by atoms with Crippen molar-refractivity contribution in [1.82, 2.24) is 9.55 Å². The highest BCUT2D eigenvalue weighted by molar-refractivity contribution is 5.93. The Bertz CT molecular complexity index is 713. The number of nitrogens with one attached hydrogen (secondary N) is 1. The first kappa shape index (κ1) is 14.7. The van der Waals surface area contributed by atoms with E-state index in [9.17, 15) is 4.79 Å². The summed E-state index contributed by atoms with van der Waals surface area (Å²) in [4.78, 5) is 17.0. The van der Waals surface area contributed by atoms with E-state index in [1.54, 1.807) is 0 Å². The number of aryl methyl sites for hydroxylation is 2. The van der Waals surface area contributed by atoms with Crippen LogP contribution in [0, 0.1) is 5.92 Å². The zero-order valence-corrected chi connectivity index (χ0v) is 13.7. The van der Waals surface area contributed by atoms with Gasteiger partial charge in [0, 0.05) is 25.1 Å². The molecule has 4 heteroatoms. The maximum Gasteiger partial charge on any atom is 0.224 e. The van der Waals surface area contributed by atoms with Gasteiger partial charge in [0.2, 0.25) is 5.91 Å². The van der Waals surface area contributed by atoms with Crippen LogP contribution in [0.2, 0.25) is 0 Å². The van der Waals surface area contributed by atoms with E-state index in [1.165, 1.54) is 56.3 Å². The van der Waals surface area contributed by atoms with E-state index in [-0.39, 0.29) is 5.91 Å². The van der Waals surface area contributed by atoms with Crippen LogP contribution in [0.25, 0.3) is 11.0 Å². The third-order valence-corrected chi connectivity index (χ3v) is 5.34. The average Bonchev–Trinajstić information content (AvgIpc) is 3.09. The first-order valence-corrected chi connectivity index (χ1v) is 9.08. The minimum absolute atomic E-state index is 0.150. The summed E-state index contributed by atoms with van der Waals surface area (Å²) in [7, 11) is 0. The Morgan fingerprint density at radius 1 is 1.17 bits per heavy atom. The second-order valence-electron chi connectivity index (χ2n) is 7.10. The molecule has 0 saturated heterocycles. The van der Waals surface area contributed by atoms with Crippen LogP contribution in [0.4, 0.5) is 5.69 Å². The molecular formula is C19H25N3O. The van der Waals surface area contributed by atoms with Crippen molar-refractivity contribution in [3.63, 3.8) is 0 Å². The van der Waals surface area contributed by atoms with Gasteiger partial charge in [-0.3, -0.25) is 4.79 Å². The molecule has 4 rings (SSSR count). The number of aromatic nitrogens is 2. The standard InChI is InChI=1S/C19H25N3O/c23-19(12-14-6-3-4-7-14)20-15-9-10-17-16(13-15)21-18-8-2-1-5-11-22(17)18/h9-10,13-14H,1-8,11-12H2,(H,20,23). The largest absolute Gasteiger partial charge is 0.328 e. The van der Waals surface area contributed by atoms with Crippen LogP contribution < -0.4 is 5.32 Å². The van der Waals surface area contributed by atoms with Crippen LogP contribution in [-0.2, 0) is 17.8 Å². The van der Waals surface area contributed by atoms with Gasteiger partial charge in [-0.25, -0.2) is 4.98 Å². The Balaban J connectivity index is 1.51. The summed E-state index contributed by atoms with van der Waals surface area (Å²) in [5.74, 6) is 1.94. The van der Waals surface area contributed by atoms with Gasteiger partial charge in [-0.05, 0) is 49.8 Å². The number of carbonyl (C=O) groups excluding carboxylic acids is 1. The highest BCUT2D eigenvalue weighted by Gasteiger charge is 2.19. The number of imidazole rings is 1. The van der Waals surface area contributed by atoms with Gasteiger partial charge in [0.1, 0.15) is 5.82 Å². The fourth-order valence-electron chi connectivity index (χ4n) is 4.12. The molecule has 0 radical (unpaired) electrons. The molecule has 4 nitrogen and oxygen atoms in total. The number of benzene rings is 1. The zero-order chi connectivity index (χ0) is 15.6. The molecule has 1 amide bonds. The minimum atomic E-state index is 0.150. The molecule has 122 valence electrons. The highest BCUT2D eigenvalue weighted by Crippen LogP contribution is 2.28. The number of anilines is 1. The first-order chi connectivity index (χ1) is 11.3. The number of fused-ring (bicyclic) bond motifs is 3. The van der Waals surface area contributed by atoms with Crippen LogP contribution in [0.3, 0.4) is 0 Å². The molecule has 2 heterocycles. The monoisotopic (exact) mass is 311 g/mol. The number of nitrogens with zero attached hydrogens (tertiary/aromatic N) is 2. The van der Waals surface area contributed by atoms with Crippen molar-refractivity contribution in [3.05, 3.63) is 24.0 Å². The molecule has 1 aliphatic carbocycles. The highest BCUT2D eigenvalue weighted by atomic mass is 16.1. The van der Waals surface area contributed by atoms with Crippen LogP contribution in [0.1, 0.15) is 57.2 Å². The molecule has 0 bridgehead atoms. The van der Waals surface area contributed by atoms with Gasteiger partial charge >= 0.3 is 0 Å². The smallest absolute Gasteiger partial charge is 0.224 e. The summed E-state index contributed by atoms with van der Waals surface area (Å²) in [5, 5.41) is 3.07. The van der Waals surface area contributed by atoms with Crippen molar-refractivity contribution in [3.8, 4) is 0 Å². The van der Waals surface area contributed by atoms with Crippen molar-refractivity contribution in [2.24, 2.45) is 5.92 Å². The Labute approximate surface area is 137 Å². The summed E-state index contributed by atoms with van der Waals surface area (Å²) in [5.41, 5.74) is 3.10. The molecule has 2 aliphatic rings. The van der Waals surface area contributed by atoms with E-state index in [4.69, 9.17) is 4.98 Å². The molecule has 1 aromatic carbocycles. The average molecular weight is 311 g/mol. The fraction of sp³-hybridized carbons (Fsp3) is 0.579. The van der Waals surface area contributed by atoms with Crippen LogP contribution in [0.15, 0.2) is 18.2 Å². The molecule has 1 saturated carbocycles. The van der Waals surface area contributed by atoms with Gasteiger partial charge < -0.3 is 9.88 Å². The lowest BCUT2D eigenvalue weighted by atomic mass is 10.0. The second kappa shape index (κ2) is 6.34. The lowest BCUT2D eigenvalue weighted by Crippen LogP contribution is -2.15. The number of amides is 1. The third kappa shape index (κ3) is 3.12. The Morgan fingerprint density at radius 2 is 2.04 bits per heavy atom. The summed E-state index contributed by atoms with van der Waals surface area (Å²) in [6.07, 6.45) is 10.5. The summed E-state index contributed by atoms with van der Waals surface area (Å²) >= 11 is 0. The van der Waals surface area contributed by atoms with E-state index >= 15 is 0 Å². The first-order valence-electron chi connectivity index (χ1n) is 9.08. The van der Waals surface area contributed by atoms with Gasteiger partial charge in [0.15, 0.2) is 0 Å². The zero-order valence-electron chi connectivity index (χ0n) is 13.7. The van der Waals surface area contributed by atoms with Gasteiger partial charge in [0.05, 0.1) is 11.0 Å². The third-order valence-electron chi connectivity index (χ3n) is 5.34. The summed E-state index contributed by atoms with van der Waals surface area (Å²) in [6.45, 7) is 1.07. The lowest BCUT2D eigenvalue weighted by Gasteiger charge is -2.10. The normalized spacial score (nSPS) is 18.8. The Morgan fingerprint density at radius 3 is 2.91 bits per heavy atom. The fourth-order valence-corrected chi connectivity index (χ4v) is 4.12. The second-order valence-corrected chi connectivity index (χ2v) is 7.10. The van der Waals surface area contributed by atoms with E-state index in [1.807, 2.05) is 12.1 Å². The SMILES string of the molecule is O=C(CC1CCCC1)Nc1ccc2c(c1)nc1n2CCCCC1. The lowest BCUT2D eigenvalue weighted by molar-refractivity contribution is -0.117. The van der Waals surface area contributed by atoms with Crippen molar-refractivity contribution >= 4 is 22.6 Å². The molecular weight excluding hydrogens is 286 g/mol. The minimum Gasteiger partial charge on any atom is -0.328 e. The Kier molecular flexibility index (Phi) is 4.06. The van der Waals surface area contributed by atoms with Gasteiger partial charge in [-0.1, -0.05) is 19.3 Å². The van der Waals surface area contributed by atoms with Gasteiger partial charge in [-0.15, -0.1) is 0 Å². The van der Waals surface area contributed by atoms with Crippen LogP contribution in [0.5, 0.6) is 0 Å². The summed E-state index contributed by atoms with van der Waals surface area (Å²) < 4.78 is 2.35. The van der Waals surface area contributed by atoms with E-state index in [0.29, 0.717) is 12.3 Å². The predicted octanol–water partition coefficient (Wildman–Crippen LogP) is 4.28. The van der Waals surface area contributed by atoms with Crippen molar-refractivity contribution in [2.45, 2.75) is 64.3 Å². The van der Waals surface area contributed by atoms with E-state index < -0.39 is 0 Å². The molecule has 2 aromatic rings. The maximum atomic E-state index is 12.2. The molecule has 23 heavy (non-hydrogen) atoms. The molecule has 0 unspecified atom stereocenters. The van der Waals surface area contributed by atoms with Gasteiger partial charge in [-0.2, -0.15) is 0 Å². The molecule has 0 atom stereocenters. The molecule has 1 fully saturated rings. The predicted molar refractivity (Wildman–Crippen MR) is 92.5 cm³/mol. The van der Waals surface area contributed by atoms with Gasteiger partial charge in [0.25, 0.3) is 0 Å². The van der Waals surface area contributed by atoms with E-state index in [2.05, 4.69) is 16.0 Å². The number of carbonyl (C=O) groups is 1. The van der Waals surface area contributed by atoms with Crippen LogP contribution in [-0.4, -0.2) is 15.5 Å². The molecule has 1 aliphatic heterocycles. The van der Waals surface area contributed by atoms with E-state index in [0.717, 1.165) is 24.2 Å². The molecule has 1 aromatic heterocycles. The number of hydrogen-bond donors (Lipinski definition) is 1. The quantitative estimate of drug-likeness (QED) is 0.919. The van der Waals surface area contributed by atoms with Crippen molar-refractivity contribution in [1.29, 1.82) is 0 Å². The van der Waals surface area contributed by atoms with Crippen LogP contribution >= 0.6 is 0 Å². The summed E-state index contributed by atoms with van der Waals surface area (Å²) in [6, 6.07) is 6.17. The number of hydrogen-bond acceptors (Lipinski definition) is 2.